The fourth-order valence-corrected chi connectivity index (χ4v) is 4.77. The van der Waals surface area contributed by atoms with E-state index in [2.05, 4.69) is 10.4 Å². The van der Waals surface area contributed by atoms with Crippen molar-refractivity contribution in [3.63, 3.8) is 0 Å². The van der Waals surface area contributed by atoms with Crippen LogP contribution in [0.5, 0.6) is 5.75 Å². The van der Waals surface area contributed by atoms with Gasteiger partial charge in [0.25, 0.3) is 5.91 Å². The molecule has 2 amide bonds. The second kappa shape index (κ2) is 9.20. The molecule has 0 radical (unpaired) electrons. The van der Waals surface area contributed by atoms with Crippen molar-refractivity contribution < 1.29 is 18.7 Å². The van der Waals surface area contributed by atoms with E-state index in [1.807, 2.05) is 31.2 Å². The molecule has 8 nitrogen and oxygen atoms in total. The SMILES string of the molecule is COc1ccc(N2C(=O)c3cc(-c4ccco4)nn3C[C@@]2(C)C(=O)NCc2cccc(C)c2)cc1Cl. The molecule has 1 atom stereocenters. The van der Waals surface area contributed by atoms with E-state index in [4.69, 9.17) is 20.8 Å². The molecule has 0 bridgehead atoms. The third-order valence-electron chi connectivity index (χ3n) is 6.35. The molecule has 1 aliphatic heterocycles. The molecule has 0 fully saturated rings. The van der Waals surface area contributed by atoms with E-state index in [1.165, 1.54) is 12.0 Å². The summed E-state index contributed by atoms with van der Waals surface area (Å²) < 4.78 is 12.3. The molecule has 0 saturated heterocycles. The molecule has 36 heavy (non-hydrogen) atoms. The molecule has 0 aliphatic carbocycles. The van der Waals surface area contributed by atoms with Crippen molar-refractivity contribution in [2.75, 3.05) is 12.0 Å². The zero-order valence-electron chi connectivity index (χ0n) is 20.1. The zero-order chi connectivity index (χ0) is 25.4. The van der Waals surface area contributed by atoms with E-state index in [0.29, 0.717) is 40.2 Å². The van der Waals surface area contributed by atoms with Gasteiger partial charge in [-0.3, -0.25) is 19.2 Å². The lowest BCUT2D eigenvalue weighted by atomic mass is 9.93. The quantitative estimate of drug-likeness (QED) is 0.405. The monoisotopic (exact) mass is 504 g/mol. The molecule has 1 N–H and O–H groups in total. The molecule has 1 aliphatic rings. The minimum Gasteiger partial charge on any atom is -0.495 e. The summed E-state index contributed by atoms with van der Waals surface area (Å²) in [5, 5.41) is 7.92. The number of nitrogens with one attached hydrogen (secondary N) is 1. The highest BCUT2D eigenvalue weighted by Crippen LogP contribution is 2.37. The molecule has 9 heteroatoms. The largest absolute Gasteiger partial charge is 0.495 e. The molecule has 0 saturated carbocycles. The highest BCUT2D eigenvalue weighted by atomic mass is 35.5. The molecule has 184 valence electrons. The van der Waals surface area contributed by atoms with Crippen LogP contribution in [0.15, 0.2) is 71.3 Å². The second-order valence-corrected chi connectivity index (χ2v) is 9.36. The van der Waals surface area contributed by atoms with Crippen molar-refractivity contribution in [3.05, 3.63) is 88.8 Å². The number of carbonyl (C=O) groups excluding carboxylic acids is 2. The van der Waals surface area contributed by atoms with Crippen molar-refractivity contribution in [3.8, 4) is 17.2 Å². The summed E-state index contributed by atoms with van der Waals surface area (Å²) in [6, 6.07) is 18.1. The maximum absolute atomic E-state index is 13.9. The van der Waals surface area contributed by atoms with Crippen LogP contribution < -0.4 is 15.0 Å². The van der Waals surface area contributed by atoms with Crippen LogP contribution in [0.3, 0.4) is 0 Å². The van der Waals surface area contributed by atoms with E-state index in [0.717, 1.165) is 11.1 Å². The fourth-order valence-electron chi connectivity index (χ4n) is 4.52. The zero-order valence-corrected chi connectivity index (χ0v) is 20.9. The molecule has 3 heterocycles. The van der Waals surface area contributed by atoms with E-state index >= 15 is 0 Å². The van der Waals surface area contributed by atoms with Crippen LogP contribution in [-0.4, -0.2) is 34.2 Å². The van der Waals surface area contributed by atoms with Crippen LogP contribution in [0, 0.1) is 6.92 Å². The summed E-state index contributed by atoms with van der Waals surface area (Å²) in [6.07, 6.45) is 1.55. The lowest BCUT2D eigenvalue weighted by Gasteiger charge is -2.43. The first-order chi connectivity index (χ1) is 17.3. The number of furan rings is 1. The van der Waals surface area contributed by atoms with Crippen LogP contribution in [-0.2, 0) is 17.9 Å². The van der Waals surface area contributed by atoms with Gasteiger partial charge in [-0.15, -0.1) is 0 Å². The van der Waals surface area contributed by atoms with E-state index < -0.39 is 5.54 Å². The summed E-state index contributed by atoms with van der Waals surface area (Å²) in [5.74, 6) is 0.320. The van der Waals surface area contributed by atoms with Gasteiger partial charge in [-0.2, -0.15) is 5.10 Å². The number of ether oxygens (including phenoxy) is 1. The fraction of sp³-hybridized carbons (Fsp3) is 0.222. The van der Waals surface area contributed by atoms with Gasteiger partial charge in [0.1, 0.15) is 22.7 Å². The molecular weight excluding hydrogens is 480 g/mol. The lowest BCUT2D eigenvalue weighted by Crippen LogP contribution is -2.64. The van der Waals surface area contributed by atoms with Gasteiger partial charge >= 0.3 is 0 Å². The highest BCUT2D eigenvalue weighted by Gasteiger charge is 2.49. The van der Waals surface area contributed by atoms with Gasteiger partial charge in [0.2, 0.25) is 5.91 Å². The first-order valence-electron chi connectivity index (χ1n) is 11.4. The van der Waals surface area contributed by atoms with Gasteiger partial charge < -0.3 is 14.5 Å². The number of nitrogens with zero attached hydrogens (tertiary/aromatic N) is 3. The number of rotatable bonds is 6. The Morgan fingerprint density at radius 2 is 2.03 bits per heavy atom. The number of amides is 2. The van der Waals surface area contributed by atoms with Crippen molar-refractivity contribution in [1.29, 1.82) is 0 Å². The number of anilines is 1. The number of aromatic nitrogens is 2. The number of aryl methyl sites for hydroxylation is 1. The summed E-state index contributed by atoms with van der Waals surface area (Å²) in [6.45, 7) is 4.19. The lowest BCUT2D eigenvalue weighted by molar-refractivity contribution is -0.126. The van der Waals surface area contributed by atoms with Crippen LogP contribution in [0.2, 0.25) is 5.02 Å². The Morgan fingerprint density at radius 3 is 2.72 bits per heavy atom. The number of benzene rings is 2. The molecule has 2 aromatic carbocycles. The minimum atomic E-state index is -1.29. The third-order valence-corrected chi connectivity index (χ3v) is 6.64. The summed E-state index contributed by atoms with van der Waals surface area (Å²) in [5.41, 5.74) is 2.11. The highest BCUT2D eigenvalue weighted by molar-refractivity contribution is 6.32. The Morgan fingerprint density at radius 1 is 1.19 bits per heavy atom. The minimum absolute atomic E-state index is 0.137. The predicted molar refractivity (Wildman–Crippen MR) is 136 cm³/mol. The topological polar surface area (TPSA) is 89.6 Å². The van der Waals surface area contributed by atoms with Crippen molar-refractivity contribution in [2.24, 2.45) is 0 Å². The maximum atomic E-state index is 13.9. The van der Waals surface area contributed by atoms with Gasteiger partial charge in [0.05, 0.1) is 24.9 Å². The summed E-state index contributed by atoms with van der Waals surface area (Å²) >= 11 is 6.40. The van der Waals surface area contributed by atoms with Gasteiger partial charge in [-0.25, -0.2) is 0 Å². The molecule has 4 aromatic rings. The number of methoxy groups -OCH3 is 1. The standard InChI is InChI=1S/C27H25ClN4O4/c1-17-6-4-7-18(12-17)15-29-26(34)27(2)16-31-22(14-21(30-31)24-8-5-11-36-24)25(33)32(27)19-9-10-23(35-3)20(28)13-19/h4-14H,15-16H2,1-3H3,(H,29,34)/t27-/m0/s1. The first-order valence-corrected chi connectivity index (χ1v) is 11.8. The van der Waals surface area contributed by atoms with Gasteiger partial charge in [-0.1, -0.05) is 41.4 Å². The Labute approximate surface area is 213 Å². The third kappa shape index (κ3) is 4.13. The van der Waals surface area contributed by atoms with Crippen LogP contribution in [0.4, 0.5) is 5.69 Å². The van der Waals surface area contributed by atoms with E-state index in [-0.39, 0.29) is 18.4 Å². The molecular formula is C27H25ClN4O4. The molecule has 0 spiro atoms. The van der Waals surface area contributed by atoms with Gasteiger partial charge in [0.15, 0.2) is 5.76 Å². The van der Waals surface area contributed by atoms with Gasteiger partial charge in [-0.05, 0) is 49.7 Å². The van der Waals surface area contributed by atoms with Gasteiger partial charge in [0, 0.05) is 18.3 Å². The number of fused-ring (bicyclic) bond motifs is 1. The Bertz CT molecular complexity index is 1450. The number of hydrogen-bond donors (Lipinski definition) is 1. The average Bonchev–Trinajstić information content (AvgIpc) is 3.53. The van der Waals surface area contributed by atoms with Crippen molar-refractivity contribution in [2.45, 2.75) is 32.5 Å². The Balaban J connectivity index is 1.55. The normalized spacial score (nSPS) is 17.1. The number of hydrogen-bond acceptors (Lipinski definition) is 5. The predicted octanol–water partition coefficient (Wildman–Crippen LogP) is 4.85. The molecule has 0 unspecified atom stereocenters. The summed E-state index contributed by atoms with van der Waals surface area (Å²) in [4.78, 5) is 29.1. The Kier molecular flexibility index (Phi) is 6.05. The average molecular weight is 505 g/mol. The molecule has 5 rings (SSSR count). The smallest absolute Gasteiger partial charge is 0.277 e. The number of halogens is 1. The van der Waals surface area contributed by atoms with Crippen LogP contribution >= 0.6 is 11.6 Å². The van der Waals surface area contributed by atoms with Crippen molar-refractivity contribution in [1.82, 2.24) is 15.1 Å². The second-order valence-electron chi connectivity index (χ2n) is 8.95. The van der Waals surface area contributed by atoms with E-state index in [9.17, 15) is 9.59 Å². The maximum Gasteiger partial charge on any atom is 0.277 e. The van der Waals surface area contributed by atoms with Crippen LogP contribution in [0.1, 0.15) is 28.5 Å². The summed E-state index contributed by atoms with van der Waals surface area (Å²) in [7, 11) is 1.52. The first kappa shape index (κ1) is 23.7. The Hall–Kier alpha value is -4.04. The van der Waals surface area contributed by atoms with Crippen molar-refractivity contribution >= 4 is 29.1 Å². The van der Waals surface area contributed by atoms with Crippen LogP contribution in [0.25, 0.3) is 11.5 Å². The van der Waals surface area contributed by atoms with E-state index in [1.54, 1.807) is 54.3 Å². The molecule has 2 aromatic heterocycles. The number of carbonyl (C=O) groups is 2.